The van der Waals surface area contributed by atoms with E-state index in [2.05, 4.69) is 10.1 Å². The average molecular weight is 381 g/mol. The van der Waals surface area contributed by atoms with Crippen molar-refractivity contribution in [2.45, 2.75) is 38.5 Å². The third-order valence-electron chi connectivity index (χ3n) is 3.36. The minimum atomic E-state index is -5.17. The SMILES string of the molecule is CCOC(=O)[C@](NC(=O)CCl)(Nc1ccc(C(C)C)cc1)C(F)(F)F. The second-order valence-electron chi connectivity index (χ2n) is 5.55. The van der Waals surface area contributed by atoms with Crippen LogP contribution in [0.4, 0.5) is 18.9 Å². The Kier molecular flexibility index (Phi) is 7.10. The van der Waals surface area contributed by atoms with Crippen molar-refractivity contribution in [2.75, 3.05) is 17.8 Å². The highest BCUT2D eigenvalue weighted by molar-refractivity contribution is 6.27. The molecule has 0 unspecified atom stereocenters. The Labute approximate surface area is 148 Å². The van der Waals surface area contributed by atoms with Gasteiger partial charge in [-0.25, -0.2) is 4.79 Å². The number of ether oxygens (including phenoxy) is 1. The molecule has 1 aromatic rings. The van der Waals surface area contributed by atoms with Crippen molar-refractivity contribution in [2.24, 2.45) is 0 Å². The normalized spacial score (nSPS) is 13.9. The third-order valence-corrected chi connectivity index (χ3v) is 3.61. The zero-order valence-electron chi connectivity index (χ0n) is 14.0. The molecule has 0 aliphatic carbocycles. The van der Waals surface area contributed by atoms with E-state index in [1.54, 1.807) is 17.4 Å². The lowest BCUT2D eigenvalue weighted by atomic mass is 10.0. The summed E-state index contributed by atoms with van der Waals surface area (Å²) in [5.41, 5.74) is -2.54. The van der Waals surface area contributed by atoms with Gasteiger partial charge in [0.15, 0.2) is 0 Å². The molecule has 1 atom stereocenters. The molecular weight excluding hydrogens is 361 g/mol. The minimum absolute atomic E-state index is 0.00958. The number of alkyl halides is 4. The van der Waals surface area contributed by atoms with E-state index in [1.165, 1.54) is 19.1 Å². The molecule has 0 bridgehead atoms. The fourth-order valence-corrected chi connectivity index (χ4v) is 2.11. The van der Waals surface area contributed by atoms with E-state index in [-0.39, 0.29) is 18.2 Å². The summed E-state index contributed by atoms with van der Waals surface area (Å²) in [7, 11) is 0. The molecule has 0 saturated carbocycles. The van der Waals surface area contributed by atoms with Gasteiger partial charge in [0.1, 0.15) is 5.88 Å². The summed E-state index contributed by atoms with van der Waals surface area (Å²) in [6, 6.07) is 6.04. The number of hydrogen-bond acceptors (Lipinski definition) is 4. The topological polar surface area (TPSA) is 67.4 Å². The summed E-state index contributed by atoms with van der Waals surface area (Å²) < 4.78 is 45.7. The van der Waals surface area contributed by atoms with Crippen LogP contribution in [0.15, 0.2) is 24.3 Å². The molecule has 2 N–H and O–H groups in total. The zero-order chi connectivity index (χ0) is 19.3. The van der Waals surface area contributed by atoms with Gasteiger partial charge in [-0.3, -0.25) is 4.79 Å². The first-order valence-electron chi connectivity index (χ1n) is 7.56. The molecule has 140 valence electrons. The number of carbonyl (C=O) groups is 2. The van der Waals surface area contributed by atoms with Crippen molar-refractivity contribution in [1.29, 1.82) is 0 Å². The minimum Gasteiger partial charge on any atom is -0.463 e. The van der Waals surface area contributed by atoms with Crippen LogP contribution in [0.5, 0.6) is 0 Å². The highest BCUT2D eigenvalue weighted by Gasteiger charge is 2.63. The summed E-state index contributed by atoms with van der Waals surface area (Å²) in [6.45, 7) is 4.94. The van der Waals surface area contributed by atoms with E-state index in [0.717, 1.165) is 5.56 Å². The lowest BCUT2D eigenvalue weighted by molar-refractivity contribution is -0.207. The van der Waals surface area contributed by atoms with Gasteiger partial charge in [0, 0.05) is 5.69 Å². The molecule has 0 saturated heterocycles. The summed E-state index contributed by atoms with van der Waals surface area (Å²) in [4.78, 5) is 23.6. The van der Waals surface area contributed by atoms with E-state index >= 15 is 0 Å². The number of anilines is 1. The molecule has 9 heteroatoms. The molecule has 0 fully saturated rings. The Bertz CT molecular complexity index is 606. The van der Waals surface area contributed by atoms with Crippen LogP contribution in [0.3, 0.4) is 0 Å². The lowest BCUT2D eigenvalue weighted by Crippen LogP contribution is -2.69. The second-order valence-corrected chi connectivity index (χ2v) is 5.82. The van der Waals surface area contributed by atoms with Gasteiger partial charge in [-0.1, -0.05) is 26.0 Å². The number of rotatable bonds is 7. The molecule has 0 spiro atoms. The second kappa shape index (κ2) is 8.42. The Balaban J connectivity index is 3.32. The van der Waals surface area contributed by atoms with Gasteiger partial charge in [-0.15, -0.1) is 11.6 Å². The molecule has 0 radical (unpaired) electrons. The molecule has 1 aromatic carbocycles. The lowest BCUT2D eigenvalue weighted by Gasteiger charge is -2.35. The maximum Gasteiger partial charge on any atom is 0.441 e. The first kappa shape index (κ1) is 21.1. The highest BCUT2D eigenvalue weighted by Crippen LogP contribution is 2.33. The van der Waals surface area contributed by atoms with Crippen LogP contribution in [0.2, 0.25) is 0 Å². The Morgan fingerprint density at radius 1 is 1.20 bits per heavy atom. The first-order chi connectivity index (χ1) is 11.6. The monoisotopic (exact) mass is 380 g/mol. The number of benzene rings is 1. The zero-order valence-corrected chi connectivity index (χ0v) is 14.8. The molecule has 0 aliphatic rings. The van der Waals surface area contributed by atoms with Crippen molar-refractivity contribution in [3.8, 4) is 0 Å². The van der Waals surface area contributed by atoms with E-state index < -0.39 is 29.6 Å². The molecule has 25 heavy (non-hydrogen) atoms. The van der Waals surface area contributed by atoms with Crippen molar-refractivity contribution in [3.05, 3.63) is 29.8 Å². The van der Waals surface area contributed by atoms with E-state index in [4.69, 9.17) is 11.6 Å². The van der Waals surface area contributed by atoms with Crippen molar-refractivity contribution < 1.29 is 27.5 Å². The van der Waals surface area contributed by atoms with Crippen LogP contribution in [0, 0.1) is 0 Å². The molecule has 0 aromatic heterocycles. The van der Waals surface area contributed by atoms with Gasteiger partial charge in [0.05, 0.1) is 6.61 Å². The third kappa shape index (κ3) is 5.01. The maximum atomic E-state index is 13.7. The molecule has 0 aliphatic heterocycles. The number of nitrogens with one attached hydrogen (secondary N) is 2. The maximum absolute atomic E-state index is 13.7. The number of carbonyl (C=O) groups excluding carboxylic acids is 2. The van der Waals surface area contributed by atoms with Crippen LogP contribution in [-0.4, -0.2) is 36.2 Å². The van der Waals surface area contributed by atoms with Gasteiger partial charge < -0.3 is 15.4 Å². The number of halogens is 4. The first-order valence-corrected chi connectivity index (χ1v) is 8.10. The van der Waals surface area contributed by atoms with Crippen LogP contribution in [0.25, 0.3) is 0 Å². The Hall–Kier alpha value is -1.96. The average Bonchev–Trinajstić information content (AvgIpc) is 2.53. The standard InChI is InChI=1S/C16H20ClF3N2O3/c1-4-25-14(24)15(16(18,19)20,22-13(23)9-17)21-12-7-5-11(6-8-12)10(2)3/h5-8,10,21H,4,9H2,1-3H3,(H,22,23)/t15-/m1/s1. The van der Waals surface area contributed by atoms with Gasteiger partial charge in [-0.05, 0) is 30.5 Å². The van der Waals surface area contributed by atoms with Crippen molar-refractivity contribution in [1.82, 2.24) is 5.32 Å². The molecule has 0 heterocycles. The Morgan fingerprint density at radius 3 is 2.16 bits per heavy atom. The summed E-state index contributed by atoms with van der Waals surface area (Å²) >= 11 is 5.29. The predicted octanol–water partition coefficient (Wildman–Crippen LogP) is 3.40. The van der Waals surface area contributed by atoms with Gasteiger partial charge >= 0.3 is 17.8 Å². The number of esters is 1. The van der Waals surface area contributed by atoms with Crippen molar-refractivity contribution >= 4 is 29.2 Å². The molecule has 1 amide bonds. The molecule has 1 rings (SSSR count). The fourth-order valence-electron chi connectivity index (χ4n) is 2.04. The molecule has 5 nitrogen and oxygen atoms in total. The quantitative estimate of drug-likeness (QED) is 0.432. The number of amides is 1. The van der Waals surface area contributed by atoms with Gasteiger partial charge in [-0.2, -0.15) is 13.2 Å². The van der Waals surface area contributed by atoms with Crippen LogP contribution < -0.4 is 10.6 Å². The predicted molar refractivity (Wildman–Crippen MR) is 88.4 cm³/mol. The van der Waals surface area contributed by atoms with Crippen LogP contribution in [0.1, 0.15) is 32.3 Å². The smallest absolute Gasteiger partial charge is 0.441 e. The molecular formula is C16H20ClF3N2O3. The summed E-state index contributed by atoms with van der Waals surface area (Å²) in [5, 5.41) is 3.67. The number of hydrogen-bond donors (Lipinski definition) is 2. The Morgan fingerprint density at radius 2 is 1.76 bits per heavy atom. The van der Waals surface area contributed by atoms with Crippen LogP contribution in [-0.2, 0) is 14.3 Å². The van der Waals surface area contributed by atoms with Gasteiger partial charge in [0.2, 0.25) is 5.91 Å². The van der Waals surface area contributed by atoms with E-state index in [0.29, 0.717) is 0 Å². The van der Waals surface area contributed by atoms with Gasteiger partial charge in [0.25, 0.3) is 0 Å². The fraction of sp³-hybridized carbons (Fsp3) is 0.500. The highest BCUT2D eigenvalue weighted by atomic mass is 35.5. The van der Waals surface area contributed by atoms with Crippen LogP contribution >= 0.6 is 11.6 Å². The van der Waals surface area contributed by atoms with E-state index in [1.807, 2.05) is 13.8 Å². The largest absolute Gasteiger partial charge is 0.463 e. The van der Waals surface area contributed by atoms with E-state index in [9.17, 15) is 22.8 Å². The summed E-state index contributed by atoms with van der Waals surface area (Å²) in [5.74, 6) is -3.40. The van der Waals surface area contributed by atoms with Crippen molar-refractivity contribution in [3.63, 3.8) is 0 Å². The summed E-state index contributed by atoms with van der Waals surface area (Å²) in [6.07, 6.45) is -5.17.